The van der Waals surface area contributed by atoms with Crippen LogP contribution in [0.5, 0.6) is 0 Å². The first-order valence-electron chi connectivity index (χ1n) is 4.81. The highest BCUT2D eigenvalue weighted by Gasteiger charge is 2.19. The summed E-state index contributed by atoms with van der Waals surface area (Å²) in [6.07, 6.45) is 0. The molecule has 1 unspecified atom stereocenters. The number of nitrogens with zero attached hydrogens (tertiary/aromatic N) is 2. The minimum atomic E-state index is 0.720. The molecule has 0 radical (unpaired) electrons. The van der Waals surface area contributed by atoms with Gasteiger partial charge in [0.2, 0.25) is 0 Å². The molecule has 0 aromatic carbocycles. The van der Waals surface area contributed by atoms with E-state index in [0.717, 1.165) is 12.6 Å². The average Bonchev–Trinajstić information content (AvgIpc) is 2.03. The molecule has 1 saturated heterocycles. The maximum absolute atomic E-state index is 3.19. The van der Waals surface area contributed by atoms with Crippen LogP contribution >= 0.6 is 0 Å². The summed E-state index contributed by atoms with van der Waals surface area (Å²) < 4.78 is 0. The first-order chi connectivity index (χ1) is 5.74. The van der Waals surface area contributed by atoms with Crippen LogP contribution in [0.1, 0.15) is 6.92 Å². The zero-order chi connectivity index (χ0) is 8.97. The van der Waals surface area contributed by atoms with Crippen LogP contribution in [0, 0.1) is 0 Å². The molecule has 1 atom stereocenters. The van der Waals surface area contributed by atoms with Crippen LogP contribution < -0.4 is 5.32 Å². The summed E-state index contributed by atoms with van der Waals surface area (Å²) in [6.45, 7) is 8.25. The van der Waals surface area contributed by atoms with Gasteiger partial charge in [-0.2, -0.15) is 0 Å². The second kappa shape index (κ2) is 4.80. The SMILES string of the molecule is CNCCN1CCN(C)CC1C. The van der Waals surface area contributed by atoms with Gasteiger partial charge in [0.05, 0.1) is 0 Å². The summed E-state index contributed by atoms with van der Waals surface area (Å²) in [5.74, 6) is 0. The Hall–Kier alpha value is -0.120. The summed E-state index contributed by atoms with van der Waals surface area (Å²) in [4.78, 5) is 4.96. The molecule has 1 aliphatic rings. The van der Waals surface area contributed by atoms with Crippen molar-refractivity contribution in [3.05, 3.63) is 0 Å². The lowest BCUT2D eigenvalue weighted by Crippen LogP contribution is -2.51. The summed E-state index contributed by atoms with van der Waals surface area (Å²) in [7, 11) is 4.21. The fourth-order valence-electron chi connectivity index (χ4n) is 1.76. The Balaban J connectivity index is 2.25. The molecule has 0 saturated carbocycles. The molecule has 0 spiro atoms. The maximum Gasteiger partial charge on any atom is 0.0195 e. The minimum absolute atomic E-state index is 0.720. The molecule has 0 aromatic heterocycles. The van der Waals surface area contributed by atoms with Crippen molar-refractivity contribution in [2.45, 2.75) is 13.0 Å². The molecule has 1 N–H and O–H groups in total. The van der Waals surface area contributed by atoms with Crippen LogP contribution in [-0.2, 0) is 0 Å². The largest absolute Gasteiger partial charge is 0.318 e. The van der Waals surface area contributed by atoms with Gasteiger partial charge in [0.1, 0.15) is 0 Å². The Bertz CT molecular complexity index is 125. The van der Waals surface area contributed by atoms with Gasteiger partial charge in [-0.05, 0) is 21.0 Å². The van der Waals surface area contributed by atoms with Gasteiger partial charge in [-0.15, -0.1) is 0 Å². The highest BCUT2D eigenvalue weighted by Crippen LogP contribution is 2.06. The Morgan fingerprint density at radius 1 is 1.42 bits per heavy atom. The van der Waals surface area contributed by atoms with Crippen LogP contribution in [0.3, 0.4) is 0 Å². The summed E-state index contributed by atoms with van der Waals surface area (Å²) in [5.41, 5.74) is 0. The third-order valence-corrected chi connectivity index (χ3v) is 2.62. The molecule has 12 heavy (non-hydrogen) atoms. The smallest absolute Gasteiger partial charge is 0.0195 e. The monoisotopic (exact) mass is 171 g/mol. The molecule has 1 rings (SSSR count). The van der Waals surface area contributed by atoms with Crippen LogP contribution in [0.15, 0.2) is 0 Å². The van der Waals surface area contributed by atoms with Crippen molar-refractivity contribution in [1.29, 1.82) is 0 Å². The summed E-state index contributed by atoms with van der Waals surface area (Å²) >= 11 is 0. The number of piperazine rings is 1. The van der Waals surface area contributed by atoms with Crippen molar-refractivity contribution >= 4 is 0 Å². The van der Waals surface area contributed by atoms with Crippen molar-refractivity contribution in [3.63, 3.8) is 0 Å². The van der Waals surface area contributed by atoms with Crippen molar-refractivity contribution < 1.29 is 0 Å². The Labute approximate surface area is 75.7 Å². The summed E-state index contributed by atoms with van der Waals surface area (Å²) in [5, 5.41) is 3.19. The van der Waals surface area contributed by atoms with E-state index in [2.05, 4.69) is 29.1 Å². The van der Waals surface area contributed by atoms with Gasteiger partial charge in [0.15, 0.2) is 0 Å². The third-order valence-electron chi connectivity index (χ3n) is 2.62. The molecule has 3 heteroatoms. The first-order valence-corrected chi connectivity index (χ1v) is 4.81. The minimum Gasteiger partial charge on any atom is -0.318 e. The third kappa shape index (κ3) is 2.73. The van der Waals surface area contributed by atoms with Crippen molar-refractivity contribution in [2.24, 2.45) is 0 Å². The second-order valence-electron chi connectivity index (χ2n) is 3.75. The van der Waals surface area contributed by atoms with E-state index in [1.54, 1.807) is 0 Å². The van der Waals surface area contributed by atoms with Gasteiger partial charge in [-0.3, -0.25) is 4.90 Å². The van der Waals surface area contributed by atoms with Crippen molar-refractivity contribution in [1.82, 2.24) is 15.1 Å². The lowest BCUT2D eigenvalue weighted by Gasteiger charge is -2.38. The Morgan fingerprint density at radius 2 is 2.17 bits per heavy atom. The van der Waals surface area contributed by atoms with E-state index in [4.69, 9.17) is 0 Å². The van der Waals surface area contributed by atoms with E-state index in [1.807, 2.05) is 7.05 Å². The molecule has 1 heterocycles. The fourth-order valence-corrected chi connectivity index (χ4v) is 1.76. The number of hydrogen-bond donors (Lipinski definition) is 1. The highest BCUT2D eigenvalue weighted by molar-refractivity contribution is 4.77. The quantitative estimate of drug-likeness (QED) is 0.637. The zero-order valence-electron chi connectivity index (χ0n) is 8.51. The molecule has 0 aliphatic carbocycles. The van der Waals surface area contributed by atoms with E-state index < -0.39 is 0 Å². The van der Waals surface area contributed by atoms with E-state index in [0.29, 0.717) is 0 Å². The second-order valence-corrected chi connectivity index (χ2v) is 3.75. The van der Waals surface area contributed by atoms with Crippen molar-refractivity contribution in [2.75, 3.05) is 46.8 Å². The first kappa shape index (κ1) is 9.96. The van der Waals surface area contributed by atoms with E-state index in [1.165, 1.54) is 26.2 Å². The normalized spacial score (nSPS) is 27.8. The Kier molecular flexibility index (Phi) is 3.98. The van der Waals surface area contributed by atoms with Gasteiger partial charge in [0, 0.05) is 38.8 Å². The zero-order valence-corrected chi connectivity index (χ0v) is 8.51. The van der Waals surface area contributed by atoms with Gasteiger partial charge in [0.25, 0.3) is 0 Å². The molecular formula is C9H21N3. The topological polar surface area (TPSA) is 18.5 Å². The molecule has 0 aromatic rings. The number of likely N-dealkylation sites (N-methyl/N-ethyl adjacent to an activating group) is 2. The van der Waals surface area contributed by atoms with Crippen molar-refractivity contribution in [3.8, 4) is 0 Å². The number of hydrogen-bond acceptors (Lipinski definition) is 3. The number of nitrogens with one attached hydrogen (secondary N) is 1. The van der Waals surface area contributed by atoms with E-state index >= 15 is 0 Å². The lowest BCUT2D eigenvalue weighted by atomic mass is 10.2. The van der Waals surface area contributed by atoms with Crippen LogP contribution in [0.25, 0.3) is 0 Å². The highest BCUT2D eigenvalue weighted by atomic mass is 15.3. The van der Waals surface area contributed by atoms with E-state index in [9.17, 15) is 0 Å². The molecule has 1 aliphatic heterocycles. The predicted molar refractivity (Wildman–Crippen MR) is 52.5 cm³/mol. The van der Waals surface area contributed by atoms with Crippen LogP contribution in [-0.4, -0.2) is 62.7 Å². The van der Waals surface area contributed by atoms with Gasteiger partial charge in [-0.25, -0.2) is 0 Å². The molecule has 1 fully saturated rings. The van der Waals surface area contributed by atoms with Gasteiger partial charge >= 0.3 is 0 Å². The van der Waals surface area contributed by atoms with Crippen LogP contribution in [0.4, 0.5) is 0 Å². The van der Waals surface area contributed by atoms with Gasteiger partial charge in [-0.1, -0.05) is 0 Å². The molecule has 72 valence electrons. The fraction of sp³-hybridized carbons (Fsp3) is 1.00. The summed E-state index contributed by atoms with van der Waals surface area (Å²) in [6, 6.07) is 0.720. The standard InChI is InChI=1S/C9H21N3/c1-9-8-11(3)6-7-12(9)5-4-10-2/h9-10H,4-8H2,1-3H3. The number of rotatable bonds is 3. The predicted octanol–water partition coefficient (Wildman–Crippen LogP) is -0.158. The molecule has 0 amide bonds. The molecular weight excluding hydrogens is 150 g/mol. The van der Waals surface area contributed by atoms with Gasteiger partial charge < -0.3 is 10.2 Å². The van der Waals surface area contributed by atoms with E-state index in [-0.39, 0.29) is 0 Å². The molecule has 3 nitrogen and oxygen atoms in total. The maximum atomic E-state index is 3.19. The molecule has 0 bridgehead atoms. The van der Waals surface area contributed by atoms with Crippen LogP contribution in [0.2, 0.25) is 0 Å². The average molecular weight is 171 g/mol. The Morgan fingerprint density at radius 3 is 2.75 bits per heavy atom. The lowest BCUT2D eigenvalue weighted by molar-refractivity contribution is 0.102.